The Kier molecular flexibility index (Phi) is 5.32. The number of carbonyl (C=O) groups excluding carboxylic acids is 1. The van der Waals surface area contributed by atoms with E-state index in [4.69, 9.17) is 11.6 Å². The van der Waals surface area contributed by atoms with Crippen LogP contribution in [-0.4, -0.2) is 60.5 Å². The van der Waals surface area contributed by atoms with E-state index in [0.717, 1.165) is 13.1 Å². The normalized spacial score (nSPS) is 20.3. The summed E-state index contributed by atoms with van der Waals surface area (Å²) < 4.78 is 12.1. The third kappa shape index (κ3) is 3.61. The first-order valence-corrected chi connectivity index (χ1v) is 5.83. The van der Waals surface area contributed by atoms with Crippen LogP contribution in [0.1, 0.15) is 13.3 Å². The van der Waals surface area contributed by atoms with Crippen molar-refractivity contribution in [1.82, 2.24) is 9.80 Å². The van der Waals surface area contributed by atoms with E-state index in [1.54, 1.807) is 4.90 Å². The first kappa shape index (κ1) is 12.7. The molecule has 1 aliphatic rings. The van der Waals surface area contributed by atoms with E-state index in [1.807, 2.05) is 11.8 Å². The molecule has 1 heterocycles. The number of carbonyl (C=O) groups is 1. The van der Waals surface area contributed by atoms with Crippen LogP contribution in [0.4, 0.5) is 4.39 Å². The van der Waals surface area contributed by atoms with Crippen LogP contribution in [0.15, 0.2) is 0 Å². The second kappa shape index (κ2) is 6.28. The van der Waals surface area contributed by atoms with Gasteiger partial charge in [0.15, 0.2) is 0 Å². The number of amides is 1. The van der Waals surface area contributed by atoms with Gasteiger partial charge in [-0.2, -0.15) is 0 Å². The van der Waals surface area contributed by atoms with Crippen LogP contribution >= 0.6 is 11.6 Å². The van der Waals surface area contributed by atoms with E-state index < -0.39 is 5.38 Å². The molecule has 0 aromatic rings. The molecule has 0 spiro atoms. The molecule has 0 aromatic heterocycles. The van der Waals surface area contributed by atoms with Gasteiger partial charge in [-0.3, -0.25) is 9.69 Å². The lowest BCUT2D eigenvalue weighted by Crippen LogP contribution is -2.50. The van der Waals surface area contributed by atoms with Gasteiger partial charge in [-0.1, -0.05) is 6.92 Å². The van der Waals surface area contributed by atoms with Crippen LogP contribution in [-0.2, 0) is 4.79 Å². The van der Waals surface area contributed by atoms with E-state index in [2.05, 4.69) is 0 Å². The van der Waals surface area contributed by atoms with Crippen molar-refractivity contribution in [3.63, 3.8) is 0 Å². The SMILES string of the molecule is CC[C@H](Cl)C(=O)N1CCN(CCF)CC1. The van der Waals surface area contributed by atoms with Gasteiger partial charge in [0.05, 0.1) is 0 Å². The highest BCUT2D eigenvalue weighted by atomic mass is 35.5. The summed E-state index contributed by atoms with van der Waals surface area (Å²) in [5.74, 6) is 0.0130. The number of rotatable bonds is 4. The lowest BCUT2D eigenvalue weighted by atomic mass is 10.2. The fraction of sp³-hybridized carbons (Fsp3) is 0.900. The first-order chi connectivity index (χ1) is 7.19. The van der Waals surface area contributed by atoms with Gasteiger partial charge in [0.1, 0.15) is 12.1 Å². The predicted octanol–water partition coefficient (Wildman–Crippen LogP) is 1.12. The summed E-state index contributed by atoms with van der Waals surface area (Å²) in [4.78, 5) is 15.5. The average Bonchev–Trinajstić information content (AvgIpc) is 2.28. The van der Waals surface area contributed by atoms with Crippen molar-refractivity contribution in [3.05, 3.63) is 0 Å². The largest absolute Gasteiger partial charge is 0.339 e. The quantitative estimate of drug-likeness (QED) is 0.683. The zero-order valence-corrected chi connectivity index (χ0v) is 9.84. The van der Waals surface area contributed by atoms with Gasteiger partial charge in [-0.25, -0.2) is 4.39 Å². The Hall–Kier alpha value is -0.350. The standard InChI is InChI=1S/C10H18ClFN2O/c1-2-9(11)10(15)14-7-5-13(4-3-12)6-8-14/h9H,2-8H2,1H3/t9-/m0/s1. The molecule has 1 fully saturated rings. The Morgan fingerprint density at radius 1 is 1.40 bits per heavy atom. The fourth-order valence-electron chi connectivity index (χ4n) is 1.68. The number of nitrogens with zero attached hydrogens (tertiary/aromatic N) is 2. The van der Waals surface area contributed by atoms with E-state index >= 15 is 0 Å². The van der Waals surface area contributed by atoms with Gasteiger partial charge in [0.2, 0.25) is 5.91 Å². The molecule has 1 atom stereocenters. The molecule has 3 nitrogen and oxygen atoms in total. The molecule has 0 unspecified atom stereocenters. The number of alkyl halides is 2. The predicted molar refractivity (Wildman–Crippen MR) is 58.9 cm³/mol. The first-order valence-electron chi connectivity index (χ1n) is 5.40. The van der Waals surface area contributed by atoms with Crippen LogP contribution in [0, 0.1) is 0 Å². The van der Waals surface area contributed by atoms with Gasteiger partial charge >= 0.3 is 0 Å². The molecule has 0 aromatic carbocycles. The second-order valence-corrected chi connectivity index (χ2v) is 4.26. The van der Waals surface area contributed by atoms with Crippen LogP contribution in [0.2, 0.25) is 0 Å². The molecule has 1 amide bonds. The Bertz CT molecular complexity index is 208. The third-order valence-electron chi connectivity index (χ3n) is 2.71. The van der Waals surface area contributed by atoms with Crippen molar-refractivity contribution in [2.24, 2.45) is 0 Å². The lowest BCUT2D eigenvalue weighted by molar-refractivity contribution is -0.132. The number of halogens is 2. The molecular formula is C10H18ClFN2O. The van der Waals surface area contributed by atoms with Gasteiger partial charge < -0.3 is 4.90 Å². The smallest absolute Gasteiger partial charge is 0.240 e. The highest BCUT2D eigenvalue weighted by Gasteiger charge is 2.24. The third-order valence-corrected chi connectivity index (χ3v) is 3.21. The van der Waals surface area contributed by atoms with Crippen molar-refractivity contribution >= 4 is 17.5 Å². The maximum Gasteiger partial charge on any atom is 0.240 e. The van der Waals surface area contributed by atoms with Gasteiger partial charge in [0.25, 0.3) is 0 Å². The van der Waals surface area contributed by atoms with Crippen molar-refractivity contribution in [1.29, 1.82) is 0 Å². The molecule has 0 radical (unpaired) electrons. The minimum Gasteiger partial charge on any atom is -0.339 e. The molecule has 0 bridgehead atoms. The van der Waals surface area contributed by atoms with Gasteiger partial charge in [-0.05, 0) is 6.42 Å². The van der Waals surface area contributed by atoms with E-state index in [9.17, 15) is 9.18 Å². The van der Waals surface area contributed by atoms with E-state index in [1.165, 1.54) is 0 Å². The molecule has 0 N–H and O–H groups in total. The maximum atomic E-state index is 12.1. The summed E-state index contributed by atoms with van der Waals surface area (Å²) in [7, 11) is 0. The summed E-state index contributed by atoms with van der Waals surface area (Å²) in [5, 5.41) is -0.405. The van der Waals surface area contributed by atoms with Crippen LogP contribution in [0.25, 0.3) is 0 Å². The highest BCUT2D eigenvalue weighted by Crippen LogP contribution is 2.09. The highest BCUT2D eigenvalue weighted by molar-refractivity contribution is 6.30. The molecule has 0 aliphatic carbocycles. The number of hydrogen-bond donors (Lipinski definition) is 0. The zero-order chi connectivity index (χ0) is 11.3. The molecule has 1 saturated heterocycles. The van der Waals surface area contributed by atoms with Crippen LogP contribution in [0.5, 0.6) is 0 Å². The molecule has 5 heteroatoms. The summed E-state index contributed by atoms with van der Waals surface area (Å²) >= 11 is 5.88. The molecule has 0 saturated carbocycles. The molecule has 1 rings (SSSR count). The minimum absolute atomic E-state index is 0.0130. The Labute approximate surface area is 95.2 Å². The molecule has 1 aliphatic heterocycles. The van der Waals surface area contributed by atoms with Crippen molar-refractivity contribution < 1.29 is 9.18 Å². The molecular weight excluding hydrogens is 219 g/mol. The Balaban J connectivity index is 2.33. The van der Waals surface area contributed by atoms with E-state index in [0.29, 0.717) is 26.1 Å². The van der Waals surface area contributed by atoms with Gasteiger partial charge in [-0.15, -0.1) is 11.6 Å². The maximum absolute atomic E-state index is 12.1. The van der Waals surface area contributed by atoms with Crippen molar-refractivity contribution in [2.75, 3.05) is 39.4 Å². The summed E-state index contributed by atoms with van der Waals surface area (Å²) in [5.41, 5.74) is 0. The van der Waals surface area contributed by atoms with Gasteiger partial charge in [0, 0.05) is 32.7 Å². The summed E-state index contributed by atoms with van der Waals surface area (Å²) in [6.07, 6.45) is 0.658. The number of piperazine rings is 1. The van der Waals surface area contributed by atoms with E-state index in [-0.39, 0.29) is 12.6 Å². The Morgan fingerprint density at radius 3 is 2.47 bits per heavy atom. The monoisotopic (exact) mass is 236 g/mol. The van der Waals surface area contributed by atoms with Crippen LogP contribution < -0.4 is 0 Å². The topological polar surface area (TPSA) is 23.6 Å². The lowest BCUT2D eigenvalue weighted by Gasteiger charge is -2.35. The molecule has 88 valence electrons. The fourth-order valence-corrected chi connectivity index (χ4v) is 1.82. The second-order valence-electron chi connectivity index (χ2n) is 3.73. The van der Waals surface area contributed by atoms with Crippen molar-refractivity contribution in [3.8, 4) is 0 Å². The van der Waals surface area contributed by atoms with Crippen molar-refractivity contribution in [2.45, 2.75) is 18.7 Å². The zero-order valence-electron chi connectivity index (χ0n) is 9.09. The summed E-state index contributed by atoms with van der Waals surface area (Å²) in [6, 6.07) is 0. The van der Waals surface area contributed by atoms with Crippen LogP contribution in [0.3, 0.4) is 0 Å². The average molecular weight is 237 g/mol. The Morgan fingerprint density at radius 2 is 2.00 bits per heavy atom. The minimum atomic E-state index is -0.405. The molecule has 15 heavy (non-hydrogen) atoms. The summed E-state index contributed by atoms with van der Waals surface area (Å²) in [6.45, 7) is 4.89. The number of hydrogen-bond acceptors (Lipinski definition) is 2.